The molecule has 1 aliphatic carbocycles. The fraction of sp³-hybridized carbons (Fsp3) is 0.600. The lowest BCUT2D eigenvalue weighted by atomic mass is 9.90. The van der Waals surface area contributed by atoms with Gasteiger partial charge in [0.05, 0.1) is 6.61 Å². The number of rotatable bonds is 3. The van der Waals surface area contributed by atoms with Crippen LogP contribution in [0.2, 0.25) is 0 Å². The molecule has 1 fully saturated rings. The topological polar surface area (TPSA) is 21.3 Å². The van der Waals surface area contributed by atoms with E-state index in [0.29, 0.717) is 5.41 Å². The van der Waals surface area contributed by atoms with Gasteiger partial charge in [-0.25, -0.2) is 0 Å². The third-order valence-corrected chi connectivity index (χ3v) is 4.21. The van der Waals surface area contributed by atoms with Gasteiger partial charge in [-0.05, 0) is 31.4 Å². The van der Waals surface area contributed by atoms with Crippen LogP contribution < -0.4 is 10.1 Å². The third-order valence-electron chi connectivity index (χ3n) is 4.21. The minimum atomic E-state index is 0.411. The summed E-state index contributed by atoms with van der Waals surface area (Å²) < 4.78 is 6.10. The molecule has 0 unspecified atom stereocenters. The van der Waals surface area contributed by atoms with Gasteiger partial charge in [-0.15, -0.1) is 0 Å². The molecule has 2 aliphatic rings. The summed E-state index contributed by atoms with van der Waals surface area (Å²) >= 11 is 0. The molecule has 0 bridgehead atoms. The molecule has 0 saturated heterocycles. The Bertz CT molecular complexity index is 407. The van der Waals surface area contributed by atoms with Gasteiger partial charge in [0.1, 0.15) is 5.75 Å². The Labute approximate surface area is 103 Å². The highest BCUT2D eigenvalue weighted by Gasteiger charge is 2.29. The van der Waals surface area contributed by atoms with Crippen molar-refractivity contribution < 1.29 is 4.74 Å². The van der Waals surface area contributed by atoms with Crippen molar-refractivity contribution in [3.63, 3.8) is 0 Å². The normalized spacial score (nSPS) is 21.0. The van der Waals surface area contributed by atoms with E-state index in [0.717, 1.165) is 25.3 Å². The van der Waals surface area contributed by atoms with Gasteiger partial charge < -0.3 is 10.1 Å². The Balaban J connectivity index is 1.71. The number of fused-ring (bicyclic) bond motifs is 1. The second kappa shape index (κ2) is 4.25. The van der Waals surface area contributed by atoms with Crippen LogP contribution in [0.1, 0.15) is 38.2 Å². The van der Waals surface area contributed by atoms with Gasteiger partial charge in [0.25, 0.3) is 0 Å². The van der Waals surface area contributed by atoms with E-state index >= 15 is 0 Å². The maximum absolute atomic E-state index is 6.10. The van der Waals surface area contributed by atoms with Gasteiger partial charge in [0.2, 0.25) is 0 Å². The lowest BCUT2D eigenvalue weighted by Crippen LogP contribution is -2.21. The molecule has 1 aromatic carbocycles. The highest BCUT2D eigenvalue weighted by molar-refractivity contribution is 5.61. The van der Waals surface area contributed by atoms with Gasteiger partial charge in [-0.2, -0.15) is 0 Å². The van der Waals surface area contributed by atoms with Crippen LogP contribution >= 0.6 is 0 Å². The highest BCUT2D eigenvalue weighted by atomic mass is 16.5. The molecule has 0 amide bonds. The Kier molecular flexibility index (Phi) is 2.73. The maximum atomic E-state index is 6.10. The average molecular weight is 231 g/mol. The van der Waals surface area contributed by atoms with E-state index in [2.05, 4.69) is 30.4 Å². The summed E-state index contributed by atoms with van der Waals surface area (Å²) in [7, 11) is 0. The van der Waals surface area contributed by atoms with Crippen LogP contribution in [-0.4, -0.2) is 13.2 Å². The quantitative estimate of drug-likeness (QED) is 0.858. The molecule has 2 heteroatoms. The molecule has 3 rings (SSSR count). The molecule has 0 spiro atoms. The molecule has 1 heterocycles. The van der Waals surface area contributed by atoms with Crippen molar-refractivity contribution in [2.45, 2.75) is 39.0 Å². The summed E-state index contributed by atoms with van der Waals surface area (Å²) in [5, 5.41) is 3.40. The van der Waals surface area contributed by atoms with E-state index < -0.39 is 0 Å². The minimum absolute atomic E-state index is 0.411. The molecular weight excluding hydrogens is 210 g/mol. The predicted molar refractivity (Wildman–Crippen MR) is 70.7 cm³/mol. The lowest BCUT2D eigenvalue weighted by Gasteiger charge is -2.24. The molecule has 17 heavy (non-hydrogen) atoms. The summed E-state index contributed by atoms with van der Waals surface area (Å²) in [6, 6.07) is 6.35. The van der Waals surface area contributed by atoms with Gasteiger partial charge >= 0.3 is 0 Å². The van der Waals surface area contributed by atoms with E-state index in [9.17, 15) is 0 Å². The molecule has 92 valence electrons. The maximum Gasteiger partial charge on any atom is 0.124 e. The minimum Gasteiger partial charge on any atom is -0.493 e. The Hall–Kier alpha value is -1.18. The van der Waals surface area contributed by atoms with E-state index in [1.807, 2.05) is 0 Å². The van der Waals surface area contributed by atoms with E-state index in [-0.39, 0.29) is 0 Å². The van der Waals surface area contributed by atoms with Crippen molar-refractivity contribution in [2.24, 2.45) is 5.41 Å². The summed E-state index contributed by atoms with van der Waals surface area (Å²) in [6.45, 7) is 4.29. The first-order valence-corrected chi connectivity index (χ1v) is 6.75. The number of benzene rings is 1. The van der Waals surface area contributed by atoms with Gasteiger partial charge in [0.15, 0.2) is 0 Å². The third kappa shape index (κ3) is 2.13. The number of anilines is 1. The molecule has 2 nitrogen and oxygen atoms in total. The summed E-state index contributed by atoms with van der Waals surface area (Å²) in [6.07, 6.45) is 6.48. The first-order chi connectivity index (χ1) is 8.27. The second-order valence-electron chi connectivity index (χ2n) is 5.77. The SMILES string of the molecule is CC1(COc2cccc3c2CCN3)CCCC1. The van der Waals surface area contributed by atoms with Crippen molar-refractivity contribution >= 4 is 5.69 Å². The molecule has 1 aliphatic heterocycles. The number of nitrogens with one attached hydrogen (secondary N) is 1. The largest absolute Gasteiger partial charge is 0.493 e. The number of hydrogen-bond acceptors (Lipinski definition) is 2. The van der Waals surface area contributed by atoms with Crippen LogP contribution in [0.3, 0.4) is 0 Å². The van der Waals surface area contributed by atoms with Crippen molar-refractivity contribution in [3.8, 4) is 5.75 Å². The Morgan fingerprint density at radius 1 is 1.29 bits per heavy atom. The molecular formula is C15H21NO. The first kappa shape index (κ1) is 10.9. The fourth-order valence-corrected chi connectivity index (χ4v) is 3.07. The zero-order valence-electron chi connectivity index (χ0n) is 10.6. The first-order valence-electron chi connectivity index (χ1n) is 6.75. The molecule has 0 atom stereocenters. The Morgan fingerprint density at radius 2 is 2.12 bits per heavy atom. The smallest absolute Gasteiger partial charge is 0.124 e. The van der Waals surface area contributed by atoms with Crippen LogP contribution in [0.15, 0.2) is 18.2 Å². The number of hydrogen-bond donors (Lipinski definition) is 1. The second-order valence-corrected chi connectivity index (χ2v) is 5.77. The summed E-state index contributed by atoms with van der Waals surface area (Å²) in [4.78, 5) is 0. The van der Waals surface area contributed by atoms with Crippen molar-refractivity contribution in [3.05, 3.63) is 23.8 Å². The molecule has 0 radical (unpaired) electrons. The molecule has 0 aromatic heterocycles. The molecule has 1 saturated carbocycles. The fourth-order valence-electron chi connectivity index (χ4n) is 3.07. The number of ether oxygens (including phenoxy) is 1. The zero-order chi connectivity index (χ0) is 11.7. The van der Waals surface area contributed by atoms with Gasteiger partial charge in [-0.1, -0.05) is 25.8 Å². The monoisotopic (exact) mass is 231 g/mol. The summed E-state index contributed by atoms with van der Waals surface area (Å²) in [5.41, 5.74) is 3.04. The van der Waals surface area contributed by atoms with E-state index in [1.54, 1.807) is 0 Å². The van der Waals surface area contributed by atoms with Crippen molar-refractivity contribution in [2.75, 3.05) is 18.5 Å². The highest BCUT2D eigenvalue weighted by Crippen LogP contribution is 2.39. The summed E-state index contributed by atoms with van der Waals surface area (Å²) in [5.74, 6) is 1.10. The molecule has 1 aromatic rings. The van der Waals surface area contributed by atoms with E-state index in [4.69, 9.17) is 4.74 Å². The van der Waals surface area contributed by atoms with Crippen molar-refractivity contribution in [1.29, 1.82) is 0 Å². The van der Waals surface area contributed by atoms with Gasteiger partial charge in [-0.3, -0.25) is 0 Å². The van der Waals surface area contributed by atoms with Crippen LogP contribution in [0, 0.1) is 5.41 Å². The predicted octanol–water partition coefficient (Wildman–Crippen LogP) is 3.61. The standard InChI is InChI=1S/C15H21NO/c1-15(8-2-3-9-15)11-17-14-6-4-5-13-12(14)7-10-16-13/h4-6,16H,2-3,7-11H2,1H3. The molecule has 1 N–H and O–H groups in total. The lowest BCUT2D eigenvalue weighted by molar-refractivity contribution is 0.167. The van der Waals surface area contributed by atoms with Crippen LogP contribution in [0.25, 0.3) is 0 Å². The Morgan fingerprint density at radius 3 is 2.94 bits per heavy atom. The zero-order valence-corrected chi connectivity index (χ0v) is 10.6. The average Bonchev–Trinajstić information content (AvgIpc) is 2.95. The van der Waals surface area contributed by atoms with Crippen LogP contribution in [0.4, 0.5) is 5.69 Å². The van der Waals surface area contributed by atoms with Gasteiger partial charge in [0, 0.05) is 23.2 Å². The van der Waals surface area contributed by atoms with Crippen molar-refractivity contribution in [1.82, 2.24) is 0 Å². The van der Waals surface area contributed by atoms with E-state index in [1.165, 1.54) is 36.9 Å². The van der Waals surface area contributed by atoms with Crippen LogP contribution in [-0.2, 0) is 6.42 Å². The van der Waals surface area contributed by atoms with Crippen LogP contribution in [0.5, 0.6) is 5.75 Å².